The molecule has 0 aliphatic rings. The Kier molecular flexibility index (Phi) is 6.44. The third-order valence-corrected chi connectivity index (χ3v) is 3.78. The lowest BCUT2D eigenvalue weighted by Crippen LogP contribution is -2.41. The first kappa shape index (κ1) is 17.3. The van der Waals surface area contributed by atoms with Gasteiger partial charge in [-0.15, -0.1) is 0 Å². The van der Waals surface area contributed by atoms with E-state index in [2.05, 4.69) is 5.32 Å². The molecule has 0 unspecified atom stereocenters. The number of amides is 1. The van der Waals surface area contributed by atoms with Gasteiger partial charge in [-0.2, -0.15) is 11.8 Å². The molecule has 9 heteroatoms. The summed E-state index contributed by atoms with van der Waals surface area (Å²) in [6.07, 6.45) is 0. The minimum Gasteiger partial charge on any atom is -0.480 e. The number of carbonyl (C=O) groups is 2. The fourth-order valence-electron chi connectivity index (χ4n) is 1.55. The molecule has 1 aromatic carbocycles. The fraction of sp³-hybridized carbons (Fsp3) is 0.333. The highest BCUT2D eigenvalue weighted by atomic mass is 35.5. The highest BCUT2D eigenvalue weighted by molar-refractivity contribution is 7.98. The Morgan fingerprint density at radius 1 is 1.52 bits per heavy atom. The first-order valence-electron chi connectivity index (χ1n) is 5.81. The third kappa shape index (κ3) is 5.60. The van der Waals surface area contributed by atoms with Gasteiger partial charge in [0.2, 0.25) is 5.91 Å². The predicted octanol–water partition coefficient (Wildman–Crippen LogP) is 2.07. The van der Waals surface area contributed by atoms with Crippen LogP contribution in [0.2, 0.25) is 5.02 Å². The zero-order valence-corrected chi connectivity index (χ0v) is 12.6. The third-order valence-electron chi connectivity index (χ3n) is 2.46. The minimum atomic E-state index is -1.15. The summed E-state index contributed by atoms with van der Waals surface area (Å²) in [6, 6.07) is 3.16. The number of thioether (sulfide) groups is 1. The predicted molar refractivity (Wildman–Crippen MR) is 79.5 cm³/mol. The molecule has 0 spiro atoms. The monoisotopic (exact) mass is 332 g/mol. The Hall–Kier alpha value is -1.80. The topological polar surface area (TPSA) is 110 Å². The Bertz CT molecular complexity index is 567. The van der Waals surface area contributed by atoms with Crippen LogP contribution >= 0.6 is 23.4 Å². The molecular weight excluding hydrogens is 320 g/mol. The van der Waals surface area contributed by atoms with Crippen molar-refractivity contribution in [1.82, 2.24) is 5.32 Å². The lowest BCUT2D eigenvalue weighted by molar-refractivity contribution is -0.385. The van der Waals surface area contributed by atoms with E-state index in [1.165, 1.54) is 36.9 Å². The summed E-state index contributed by atoms with van der Waals surface area (Å²) in [5, 5.41) is 22.5. The highest BCUT2D eigenvalue weighted by Crippen LogP contribution is 2.26. The van der Waals surface area contributed by atoms with E-state index in [-0.39, 0.29) is 17.2 Å². The quantitative estimate of drug-likeness (QED) is 0.584. The van der Waals surface area contributed by atoms with Gasteiger partial charge in [0.15, 0.2) is 0 Å². The van der Waals surface area contributed by atoms with Gasteiger partial charge in [0.25, 0.3) is 5.69 Å². The molecule has 2 N–H and O–H groups in total. The normalized spacial score (nSPS) is 11.7. The minimum absolute atomic E-state index is 0.0710. The Morgan fingerprint density at radius 2 is 2.19 bits per heavy atom. The SMILES string of the molecule is CC(=O)N[C@@H](CSCc1cc(Cl)ccc1[N+](=O)[O-])C(=O)O. The molecule has 1 atom stereocenters. The van der Waals surface area contributed by atoms with Gasteiger partial charge in [0.1, 0.15) is 6.04 Å². The number of aliphatic carboxylic acids is 1. The number of nitro benzene ring substituents is 1. The van der Waals surface area contributed by atoms with Crippen molar-refractivity contribution in [3.05, 3.63) is 38.9 Å². The summed E-state index contributed by atoms with van der Waals surface area (Å²) in [5.41, 5.74) is 0.336. The number of carboxylic acid groups (broad SMARTS) is 1. The number of hydrogen-bond acceptors (Lipinski definition) is 5. The molecule has 0 radical (unpaired) electrons. The number of halogens is 1. The van der Waals surface area contributed by atoms with Gasteiger partial charge in [-0.3, -0.25) is 14.9 Å². The van der Waals surface area contributed by atoms with Crippen LogP contribution in [0, 0.1) is 10.1 Å². The maximum Gasteiger partial charge on any atom is 0.327 e. The van der Waals surface area contributed by atoms with Crippen molar-refractivity contribution >= 4 is 40.9 Å². The first-order valence-corrected chi connectivity index (χ1v) is 7.35. The molecule has 0 saturated heterocycles. The fourth-order valence-corrected chi connectivity index (χ4v) is 2.78. The number of rotatable bonds is 7. The van der Waals surface area contributed by atoms with Crippen LogP contribution in [0.4, 0.5) is 5.69 Å². The molecule has 1 rings (SSSR count). The smallest absolute Gasteiger partial charge is 0.327 e. The molecule has 1 amide bonds. The Morgan fingerprint density at radius 3 is 2.71 bits per heavy atom. The van der Waals surface area contributed by atoms with Crippen LogP contribution in [-0.2, 0) is 15.3 Å². The number of carbonyl (C=O) groups excluding carboxylic acids is 1. The maximum atomic E-state index is 10.9. The molecular formula is C12H13ClN2O5S. The second kappa shape index (κ2) is 7.84. The Labute approximate surface area is 129 Å². The lowest BCUT2D eigenvalue weighted by Gasteiger charge is -2.12. The summed E-state index contributed by atoms with van der Waals surface area (Å²) < 4.78 is 0. The number of hydrogen-bond donors (Lipinski definition) is 2. The number of nitrogens with one attached hydrogen (secondary N) is 1. The number of benzene rings is 1. The van der Waals surface area contributed by atoms with Crippen LogP contribution in [0.25, 0.3) is 0 Å². The molecule has 0 fully saturated rings. The van der Waals surface area contributed by atoms with Gasteiger partial charge in [0.05, 0.1) is 4.92 Å². The second-order valence-electron chi connectivity index (χ2n) is 4.14. The molecule has 1 aromatic rings. The van der Waals surface area contributed by atoms with E-state index in [0.717, 1.165) is 0 Å². The van der Waals surface area contributed by atoms with E-state index in [9.17, 15) is 19.7 Å². The molecule has 0 heterocycles. The van der Waals surface area contributed by atoms with Gasteiger partial charge in [0, 0.05) is 35.1 Å². The number of carboxylic acids is 1. The molecule has 21 heavy (non-hydrogen) atoms. The molecule has 0 aliphatic heterocycles. The van der Waals surface area contributed by atoms with Crippen LogP contribution in [0.15, 0.2) is 18.2 Å². The van der Waals surface area contributed by atoms with Gasteiger partial charge in [-0.1, -0.05) is 11.6 Å². The Balaban J connectivity index is 2.70. The van der Waals surface area contributed by atoms with Crippen molar-refractivity contribution < 1.29 is 19.6 Å². The van der Waals surface area contributed by atoms with Crippen LogP contribution < -0.4 is 5.32 Å². The van der Waals surface area contributed by atoms with Gasteiger partial charge >= 0.3 is 5.97 Å². The molecule has 0 aliphatic carbocycles. The van der Waals surface area contributed by atoms with E-state index in [4.69, 9.17) is 16.7 Å². The number of nitrogens with zero attached hydrogens (tertiary/aromatic N) is 1. The molecule has 0 saturated carbocycles. The van der Waals surface area contributed by atoms with E-state index < -0.39 is 22.8 Å². The largest absolute Gasteiger partial charge is 0.480 e. The van der Waals surface area contributed by atoms with Crippen LogP contribution in [0.3, 0.4) is 0 Å². The molecule has 0 bridgehead atoms. The van der Waals surface area contributed by atoms with E-state index >= 15 is 0 Å². The second-order valence-corrected chi connectivity index (χ2v) is 5.60. The first-order chi connectivity index (χ1) is 9.81. The van der Waals surface area contributed by atoms with Crippen molar-refractivity contribution in [2.75, 3.05) is 5.75 Å². The summed E-state index contributed by atoms with van der Waals surface area (Å²) in [4.78, 5) is 32.2. The van der Waals surface area contributed by atoms with Crippen molar-refractivity contribution in [3.63, 3.8) is 0 Å². The standard InChI is InChI=1S/C12H13ClN2O5S/c1-7(16)14-10(12(17)18)6-21-5-8-4-9(13)2-3-11(8)15(19)20/h2-4,10H,5-6H2,1H3,(H,14,16)(H,17,18)/t10-/m0/s1. The number of nitro groups is 1. The van der Waals surface area contributed by atoms with E-state index in [1.54, 1.807) is 0 Å². The van der Waals surface area contributed by atoms with Crippen molar-refractivity contribution in [1.29, 1.82) is 0 Å². The zero-order valence-electron chi connectivity index (χ0n) is 11.0. The van der Waals surface area contributed by atoms with Crippen molar-refractivity contribution in [2.45, 2.75) is 18.7 Å². The molecule has 0 aromatic heterocycles. The van der Waals surface area contributed by atoms with Crippen molar-refractivity contribution in [2.24, 2.45) is 0 Å². The summed E-state index contributed by atoms with van der Waals surface area (Å²) in [7, 11) is 0. The average molecular weight is 333 g/mol. The average Bonchev–Trinajstić information content (AvgIpc) is 2.36. The van der Waals surface area contributed by atoms with Gasteiger partial charge in [-0.25, -0.2) is 4.79 Å². The summed E-state index contributed by atoms with van der Waals surface area (Å²) >= 11 is 6.97. The van der Waals surface area contributed by atoms with E-state index in [0.29, 0.717) is 10.6 Å². The maximum absolute atomic E-state index is 10.9. The summed E-state index contributed by atoms with van der Waals surface area (Å²) in [6.45, 7) is 1.22. The molecule has 114 valence electrons. The van der Waals surface area contributed by atoms with Crippen LogP contribution in [0.1, 0.15) is 12.5 Å². The van der Waals surface area contributed by atoms with Gasteiger partial charge < -0.3 is 10.4 Å². The summed E-state index contributed by atoms with van der Waals surface area (Å²) in [5.74, 6) is -1.28. The lowest BCUT2D eigenvalue weighted by atomic mass is 10.2. The van der Waals surface area contributed by atoms with Gasteiger partial charge in [-0.05, 0) is 12.1 Å². The highest BCUT2D eigenvalue weighted by Gasteiger charge is 2.19. The molecule has 7 nitrogen and oxygen atoms in total. The van der Waals surface area contributed by atoms with Crippen LogP contribution in [0.5, 0.6) is 0 Å². The van der Waals surface area contributed by atoms with E-state index in [1.807, 2.05) is 0 Å². The van der Waals surface area contributed by atoms with Crippen molar-refractivity contribution in [3.8, 4) is 0 Å². The van der Waals surface area contributed by atoms with Crippen LogP contribution in [-0.4, -0.2) is 33.7 Å². The zero-order chi connectivity index (χ0) is 16.0.